The first kappa shape index (κ1) is 24.0. The highest BCUT2D eigenvalue weighted by Crippen LogP contribution is 2.40. The molecule has 8 heteroatoms. The highest BCUT2D eigenvalue weighted by atomic mass is 35.5. The van der Waals surface area contributed by atoms with Crippen LogP contribution in [0.15, 0.2) is 42.5 Å². The van der Waals surface area contributed by atoms with Crippen LogP contribution in [0.4, 0.5) is 4.79 Å². The van der Waals surface area contributed by atoms with Gasteiger partial charge in [0.2, 0.25) is 0 Å². The molecule has 2 aromatic carbocycles. The van der Waals surface area contributed by atoms with Gasteiger partial charge in [0.1, 0.15) is 11.8 Å². The molecule has 3 aromatic rings. The second kappa shape index (κ2) is 10.9. The number of aromatic nitrogens is 1. The molecule has 1 N–H and O–H groups in total. The van der Waals surface area contributed by atoms with Gasteiger partial charge in [-0.05, 0) is 61.2 Å². The van der Waals surface area contributed by atoms with E-state index in [1.54, 1.807) is 4.90 Å². The summed E-state index contributed by atoms with van der Waals surface area (Å²) >= 11 is 6.30. The van der Waals surface area contributed by atoms with E-state index < -0.39 is 0 Å². The van der Waals surface area contributed by atoms with E-state index in [1.807, 2.05) is 49.4 Å². The summed E-state index contributed by atoms with van der Waals surface area (Å²) in [5, 5.41) is 1.81. The molecule has 2 aliphatic rings. The summed E-state index contributed by atoms with van der Waals surface area (Å²) in [6, 6.07) is 13.6. The molecule has 0 radical (unpaired) electrons. The Morgan fingerprint density at radius 3 is 2.86 bits per heavy atom. The number of benzene rings is 2. The number of ether oxygens (including phenoxy) is 3. The van der Waals surface area contributed by atoms with E-state index in [1.165, 1.54) is 5.56 Å². The monoisotopic (exact) mass is 497 g/mol. The van der Waals surface area contributed by atoms with Crippen LogP contribution in [0.25, 0.3) is 10.9 Å². The van der Waals surface area contributed by atoms with Crippen molar-refractivity contribution in [1.29, 1.82) is 0 Å². The normalized spacial score (nSPS) is 18.5. The van der Waals surface area contributed by atoms with Crippen LogP contribution in [0.5, 0.6) is 5.75 Å². The maximum Gasteiger partial charge on any atom is 0.410 e. The number of hydrogen-bond acceptors (Lipinski definition) is 5. The fraction of sp³-hybridized carbons (Fsp3) is 0.444. The van der Waals surface area contributed by atoms with Gasteiger partial charge in [0.25, 0.3) is 0 Å². The van der Waals surface area contributed by atoms with Gasteiger partial charge in [0, 0.05) is 47.8 Å². The number of H-pyrrole nitrogens is 1. The average molecular weight is 498 g/mol. The van der Waals surface area contributed by atoms with Crippen LogP contribution in [-0.4, -0.2) is 73.5 Å². The van der Waals surface area contributed by atoms with Gasteiger partial charge in [-0.25, -0.2) is 4.79 Å². The SMILES string of the molecule is CCOC(=O)N1CCc2c([nH]c3ccc(Cl)cc23)C1c1cccc(OCCCN2CCOCC2)c1. The van der Waals surface area contributed by atoms with E-state index in [0.717, 1.165) is 73.6 Å². The van der Waals surface area contributed by atoms with Gasteiger partial charge in [-0.2, -0.15) is 0 Å². The fourth-order valence-electron chi connectivity index (χ4n) is 5.09. The van der Waals surface area contributed by atoms with E-state index in [0.29, 0.717) is 24.8 Å². The Morgan fingerprint density at radius 1 is 1.17 bits per heavy atom. The van der Waals surface area contributed by atoms with Crippen molar-refractivity contribution in [2.45, 2.75) is 25.8 Å². The molecule has 0 bridgehead atoms. The molecular weight excluding hydrogens is 466 g/mol. The number of nitrogens with one attached hydrogen (secondary N) is 1. The minimum Gasteiger partial charge on any atom is -0.494 e. The summed E-state index contributed by atoms with van der Waals surface area (Å²) in [6.07, 6.45) is 1.38. The van der Waals surface area contributed by atoms with Crippen LogP contribution in [-0.2, 0) is 15.9 Å². The molecule has 5 rings (SSSR count). The minimum atomic E-state index is -0.309. The molecule has 1 amide bonds. The average Bonchev–Trinajstić information content (AvgIpc) is 3.25. The second-order valence-corrected chi connectivity index (χ2v) is 9.42. The molecule has 35 heavy (non-hydrogen) atoms. The molecule has 2 aliphatic heterocycles. The van der Waals surface area contributed by atoms with Crippen molar-refractivity contribution in [2.24, 2.45) is 0 Å². The summed E-state index contributed by atoms with van der Waals surface area (Å²) in [5.74, 6) is 0.805. The van der Waals surface area contributed by atoms with Gasteiger partial charge in [0.15, 0.2) is 0 Å². The number of rotatable bonds is 7. The molecule has 186 valence electrons. The highest BCUT2D eigenvalue weighted by molar-refractivity contribution is 6.31. The number of hydrogen-bond donors (Lipinski definition) is 1. The highest BCUT2D eigenvalue weighted by Gasteiger charge is 2.35. The third-order valence-electron chi connectivity index (χ3n) is 6.76. The lowest BCUT2D eigenvalue weighted by atomic mass is 9.92. The lowest BCUT2D eigenvalue weighted by molar-refractivity contribution is 0.0358. The molecule has 1 saturated heterocycles. The first-order valence-electron chi connectivity index (χ1n) is 12.4. The van der Waals surface area contributed by atoms with Crippen molar-refractivity contribution < 1.29 is 19.0 Å². The van der Waals surface area contributed by atoms with Crippen LogP contribution in [0.1, 0.15) is 36.2 Å². The zero-order valence-electron chi connectivity index (χ0n) is 20.1. The summed E-state index contributed by atoms with van der Waals surface area (Å²) in [7, 11) is 0. The Balaban J connectivity index is 1.38. The van der Waals surface area contributed by atoms with Crippen LogP contribution in [0, 0.1) is 0 Å². The van der Waals surface area contributed by atoms with Crippen molar-refractivity contribution in [3.63, 3.8) is 0 Å². The van der Waals surface area contributed by atoms with E-state index in [2.05, 4.69) is 9.88 Å². The molecule has 3 heterocycles. The quantitative estimate of drug-likeness (QED) is 0.464. The third-order valence-corrected chi connectivity index (χ3v) is 6.99. The number of fused-ring (bicyclic) bond motifs is 3. The number of amides is 1. The zero-order valence-corrected chi connectivity index (χ0v) is 20.9. The fourth-order valence-corrected chi connectivity index (χ4v) is 5.26. The van der Waals surface area contributed by atoms with E-state index >= 15 is 0 Å². The van der Waals surface area contributed by atoms with E-state index in [9.17, 15) is 4.79 Å². The van der Waals surface area contributed by atoms with Crippen molar-refractivity contribution in [1.82, 2.24) is 14.8 Å². The number of carbonyl (C=O) groups is 1. The summed E-state index contributed by atoms with van der Waals surface area (Å²) in [6.45, 7) is 7.97. The number of aromatic amines is 1. The Bertz CT molecular complexity index is 1170. The van der Waals surface area contributed by atoms with Crippen molar-refractivity contribution >= 4 is 28.6 Å². The second-order valence-electron chi connectivity index (χ2n) is 8.98. The lowest BCUT2D eigenvalue weighted by Gasteiger charge is -2.35. The van der Waals surface area contributed by atoms with Crippen LogP contribution >= 0.6 is 11.6 Å². The molecular formula is C27H32ClN3O4. The maximum atomic E-state index is 12.9. The van der Waals surface area contributed by atoms with Gasteiger partial charge in [-0.3, -0.25) is 9.80 Å². The Morgan fingerprint density at radius 2 is 2.03 bits per heavy atom. The largest absolute Gasteiger partial charge is 0.494 e. The first-order valence-corrected chi connectivity index (χ1v) is 12.8. The number of carbonyl (C=O) groups excluding carboxylic acids is 1. The topological polar surface area (TPSA) is 67.0 Å². The van der Waals surface area contributed by atoms with E-state index in [4.69, 9.17) is 25.8 Å². The van der Waals surface area contributed by atoms with Crippen LogP contribution < -0.4 is 4.74 Å². The van der Waals surface area contributed by atoms with Gasteiger partial charge in [-0.15, -0.1) is 0 Å². The molecule has 0 spiro atoms. The molecule has 1 atom stereocenters. The van der Waals surface area contributed by atoms with Crippen LogP contribution in [0.2, 0.25) is 5.02 Å². The first-order chi connectivity index (χ1) is 17.1. The molecule has 1 unspecified atom stereocenters. The van der Waals surface area contributed by atoms with E-state index in [-0.39, 0.29) is 12.1 Å². The predicted octanol–water partition coefficient (Wildman–Crippen LogP) is 5.03. The Hall–Kier alpha value is -2.74. The van der Waals surface area contributed by atoms with Gasteiger partial charge < -0.3 is 19.2 Å². The lowest BCUT2D eigenvalue weighted by Crippen LogP contribution is -2.41. The van der Waals surface area contributed by atoms with Crippen molar-refractivity contribution in [3.05, 3.63) is 64.3 Å². The summed E-state index contributed by atoms with van der Waals surface area (Å²) < 4.78 is 16.9. The Labute approximate surface area is 210 Å². The van der Waals surface area contributed by atoms with Gasteiger partial charge in [0.05, 0.1) is 26.4 Å². The van der Waals surface area contributed by atoms with Crippen LogP contribution in [0.3, 0.4) is 0 Å². The zero-order chi connectivity index (χ0) is 24.2. The van der Waals surface area contributed by atoms with Crippen molar-refractivity contribution in [2.75, 3.05) is 52.6 Å². The molecule has 1 aromatic heterocycles. The molecule has 0 saturated carbocycles. The number of halogens is 1. The predicted molar refractivity (Wildman–Crippen MR) is 136 cm³/mol. The third kappa shape index (κ3) is 5.27. The maximum absolute atomic E-state index is 12.9. The van der Waals surface area contributed by atoms with Crippen molar-refractivity contribution in [3.8, 4) is 5.75 Å². The van der Waals surface area contributed by atoms with Gasteiger partial charge >= 0.3 is 6.09 Å². The number of morpholine rings is 1. The number of nitrogens with zero attached hydrogens (tertiary/aromatic N) is 2. The smallest absolute Gasteiger partial charge is 0.410 e. The molecule has 7 nitrogen and oxygen atoms in total. The standard InChI is InChI=1S/C27H32ClN3O4/c1-2-34-27(32)31-11-9-22-23-18-20(28)7-8-24(23)29-25(22)26(31)19-5-3-6-21(17-19)35-14-4-10-30-12-15-33-16-13-30/h3,5-8,17-18,26,29H,2,4,9-16H2,1H3. The summed E-state index contributed by atoms with van der Waals surface area (Å²) in [4.78, 5) is 20.7. The minimum absolute atomic E-state index is 0.291. The molecule has 0 aliphatic carbocycles. The molecule has 1 fully saturated rings. The Kier molecular flexibility index (Phi) is 7.46. The summed E-state index contributed by atoms with van der Waals surface area (Å²) in [5.41, 5.74) is 4.21. The van der Waals surface area contributed by atoms with Gasteiger partial charge in [-0.1, -0.05) is 23.7 Å².